The van der Waals surface area contributed by atoms with Crippen molar-refractivity contribution in [3.8, 4) is 0 Å². The first-order valence-electron chi connectivity index (χ1n) is 11.2. The monoisotopic (exact) mass is 430 g/mol. The Kier molecular flexibility index (Phi) is 9.72. The molecule has 0 saturated carbocycles. The Morgan fingerprint density at radius 2 is 0.560 bits per heavy atom. The van der Waals surface area contributed by atoms with Crippen molar-refractivity contribution < 1.29 is 20.3 Å². The molecule has 0 aromatic rings. The molecule has 1 heteroatoms. The summed E-state index contributed by atoms with van der Waals surface area (Å²) in [5.41, 5.74) is 0. The Morgan fingerprint density at radius 1 is 0.400 bits per heavy atom. The number of hydrogen-bond acceptors (Lipinski definition) is 0. The molecule has 0 amide bonds. The first-order valence-corrected chi connectivity index (χ1v) is 16.2. The van der Waals surface area contributed by atoms with Crippen LogP contribution in [0.5, 0.6) is 0 Å². The number of hydrogen-bond donors (Lipinski definition) is 0. The first-order chi connectivity index (χ1) is 11.2. The van der Waals surface area contributed by atoms with Crippen molar-refractivity contribution in [3.05, 3.63) is 0 Å². The minimum atomic E-state index is -2.85. The summed E-state index contributed by atoms with van der Waals surface area (Å²) in [5.74, 6) is 0. The van der Waals surface area contributed by atoms with Gasteiger partial charge in [-0.3, -0.25) is 0 Å². The van der Waals surface area contributed by atoms with Gasteiger partial charge in [0.15, 0.2) is 0 Å². The summed E-state index contributed by atoms with van der Waals surface area (Å²) in [5, 5.41) is 0. The average Bonchev–Trinajstić information content (AvgIpc) is 2.36. The van der Waals surface area contributed by atoms with Gasteiger partial charge >= 0.3 is 167 Å². The van der Waals surface area contributed by atoms with E-state index in [4.69, 9.17) is 0 Å². The second-order valence-electron chi connectivity index (χ2n) is 11.3. The Labute approximate surface area is 166 Å². The molecule has 0 spiro atoms. The summed E-state index contributed by atoms with van der Waals surface area (Å²) in [6, 6.07) is 0. The Balaban J connectivity index is 6.97. The van der Waals surface area contributed by atoms with Crippen LogP contribution in [0.2, 0.25) is 12.5 Å². The fourth-order valence-electron chi connectivity index (χ4n) is 8.75. The molecule has 152 valence electrons. The summed E-state index contributed by atoms with van der Waals surface area (Å²) in [7, 11) is 0. The average molecular weight is 432 g/mol. The van der Waals surface area contributed by atoms with Crippen LogP contribution in [0, 0.1) is 0 Å². The fraction of sp³-hybridized carbons (Fsp3) is 1.00. The molecule has 0 aliphatic heterocycles. The van der Waals surface area contributed by atoms with Crippen LogP contribution in [-0.4, -0.2) is 0 Å². The van der Waals surface area contributed by atoms with E-state index in [2.05, 4.69) is 83.1 Å². The third kappa shape index (κ3) is 4.66. The van der Waals surface area contributed by atoms with Crippen molar-refractivity contribution in [2.24, 2.45) is 0 Å². The van der Waals surface area contributed by atoms with E-state index in [1.54, 1.807) is 0 Å². The van der Waals surface area contributed by atoms with E-state index in [0.29, 0.717) is 12.5 Å². The van der Waals surface area contributed by atoms with Gasteiger partial charge in [0.25, 0.3) is 0 Å². The van der Waals surface area contributed by atoms with Crippen molar-refractivity contribution in [1.29, 1.82) is 0 Å². The van der Waals surface area contributed by atoms with Crippen LogP contribution in [0.15, 0.2) is 0 Å². The molecule has 0 aromatic carbocycles. The summed E-state index contributed by atoms with van der Waals surface area (Å²) < 4.78 is 2.11. The minimum absolute atomic E-state index is 0.527. The summed E-state index contributed by atoms with van der Waals surface area (Å²) in [6.07, 6.45) is 11.0. The van der Waals surface area contributed by atoms with E-state index in [0.717, 1.165) is 0 Å². The molecule has 0 aromatic heterocycles. The molecule has 0 nitrogen and oxygen atoms in total. The molecular weight excluding hydrogens is 379 g/mol. The molecule has 0 aliphatic rings. The zero-order valence-corrected chi connectivity index (χ0v) is 22.6. The van der Waals surface area contributed by atoms with Crippen molar-refractivity contribution in [1.82, 2.24) is 0 Å². The summed E-state index contributed by atoms with van der Waals surface area (Å²) >= 11 is -2.85. The van der Waals surface area contributed by atoms with Gasteiger partial charge in [0.1, 0.15) is 0 Å². The van der Waals surface area contributed by atoms with Gasteiger partial charge in [-0.25, -0.2) is 0 Å². The molecule has 0 unspecified atom stereocenters. The molecule has 0 heterocycles. The van der Waals surface area contributed by atoms with Crippen molar-refractivity contribution in [3.63, 3.8) is 0 Å². The predicted octanol–water partition coefficient (Wildman–Crippen LogP) is 10.1. The second-order valence-corrected chi connectivity index (χ2v) is 28.3. The van der Waals surface area contributed by atoms with Gasteiger partial charge in [-0.15, -0.1) is 0 Å². The van der Waals surface area contributed by atoms with Gasteiger partial charge in [-0.2, -0.15) is 0 Å². The first kappa shape index (κ1) is 25.9. The second kappa shape index (κ2) is 9.39. The SMILES string of the molecule is CCC[C](C)(C)[Zr]([C](C)(C)CCC)([C](C)(C)CCC)[C](C)(C)CCC. The predicted molar refractivity (Wildman–Crippen MR) is 116 cm³/mol. The van der Waals surface area contributed by atoms with Gasteiger partial charge in [-0.05, 0) is 0 Å². The zero-order chi connectivity index (χ0) is 20.2. The van der Waals surface area contributed by atoms with Crippen LogP contribution in [0.3, 0.4) is 0 Å². The molecule has 0 bridgehead atoms. The summed E-state index contributed by atoms with van der Waals surface area (Å²) in [4.78, 5) is 0. The van der Waals surface area contributed by atoms with Crippen LogP contribution in [-0.2, 0) is 20.3 Å². The van der Waals surface area contributed by atoms with Gasteiger partial charge in [0.05, 0.1) is 0 Å². The molecule has 0 rings (SSSR count). The van der Waals surface area contributed by atoms with Gasteiger partial charge < -0.3 is 0 Å². The van der Waals surface area contributed by atoms with Crippen molar-refractivity contribution in [2.75, 3.05) is 0 Å². The number of rotatable bonds is 12. The summed E-state index contributed by atoms with van der Waals surface area (Å²) in [6.45, 7) is 31.2. The maximum atomic E-state index is 2.69. The van der Waals surface area contributed by atoms with Crippen LogP contribution < -0.4 is 0 Å². The molecule has 0 fully saturated rings. The van der Waals surface area contributed by atoms with E-state index in [1.807, 2.05) is 0 Å². The quantitative estimate of drug-likeness (QED) is 0.288. The normalized spacial score (nSPS) is 14.9. The topological polar surface area (TPSA) is 0 Å². The maximum absolute atomic E-state index is 2.85. The van der Waals surface area contributed by atoms with Crippen molar-refractivity contribution >= 4 is 0 Å². The molecular formula is C24H52Zr. The molecule has 0 radical (unpaired) electrons. The molecule has 0 saturated heterocycles. The van der Waals surface area contributed by atoms with E-state index < -0.39 is 20.3 Å². The standard InChI is InChI=1S/4C6H13.Zr/c4*1-4-5-6(2)3;/h4*4-5H2,1-3H3;. The Bertz CT molecular complexity index is 309. The van der Waals surface area contributed by atoms with Crippen LogP contribution in [0.1, 0.15) is 134 Å². The van der Waals surface area contributed by atoms with Crippen LogP contribution in [0.4, 0.5) is 0 Å². The third-order valence-corrected chi connectivity index (χ3v) is 30.0. The van der Waals surface area contributed by atoms with Gasteiger partial charge in [0, 0.05) is 0 Å². The van der Waals surface area contributed by atoms with E-state index in [1.165, 1.54) is 51.4 Å². The third-order valence-electron chi connectivity index (χ3n) is 7.56. The van der Waals surface area contributed by atoms with Crippen molar-refractivity contribution in [2.45, 2.75) is 147 Å². The fourth-order valence-corrected chi connectivity index (χ4v) is 41.9. The molecule has 0 N–H and O–H groups in total. The Morgan fingerprint density at radius 3 is 0.680 bits per heavy atom. The molecule has 0 aliphatic carbocycles. The van der Waals surface area contributed by atoms with Gasteiger partial charge in [-0.1, -0.05) is 0 Å². The van der Waals surface area contributed by atoms with Crippen LogP contribution in [0.25, 0.3) is 0 Å². The molecule has 25 heavy (non-hydrogen) atoms. The van der Waals surface area contributed by atoms with E-state index in [9.17, 15) is 0 Å². The Hall–Kier alpha value is 0.883. The molecule has 0 atom stereocenters. The van der Waals surface area contributed by atoms with Gasteiger partial charge in [0.2, 0.25) is 0 Å². The van der Waals surface area contributed by atoms with E-state index >= 15 is 0 Å². The van der Waals surface area contributed by atoms with Crippen LogP contribution >= 0.6 is 0 Å². The van der Waals surface area contributed by atoms with E-state index in [-0.39, 0.29) is 0 Å². The zero-order valence-electron chi connectivity index (χ0n) is 20.2.